The van der Waals surface area contributed by atoms with Gasteiger partial charge in [0.25, 0.3) is 5.91 Å². The summed E-state index contributed by atoms with van der Waals surface area (Å²) in [6.45, 7) is 4.71. The Kier molecular flexibility index (Phi) is 6.93. The highest BCUT2D eigenvalue weighted by molar-refractivity contribution is 7.13. The van der Waals surface area contributed by atoms with Crippen LogP contribution in [0.15, 0.2) is 35.8 Å². The molecule has 0 fully saturated rings. The third-order valence-corrected chi connectivity index (χ3v) is 4.32. The lowest BCUT2D eigenvalue weighted by Gasteiger charge is -2.22. The second-order valence-electron chi connectivity index (χ2n) is 5.69. The maximum Gasteiger partial charge on any atom is 0.254 e. The summed E-state index contributed by atoms with van der Waals surface area (Å²) in [5.41, 5.74) is 1.71. The van der Waals surface area contributed by atoms with Crippen LogP contribution < -0.4 is 5.32 Å². The first-order valence-corrected chi connectivity index (χ1v) is 9.03. The van der Waals surface area contributed by atoms with Gasteiger partial charge in [0.2, 0.25) is 5.91 Å². The van der Waals surface area contributed by atoms with Crippen LogP contribution in [0, 0.1) is 6.92 Å². The molecule has 1 aromatic carbocycles. The van der Waals surface area contributed by atoms with Crippen LogP contribution in [0.1, 0.15) is 42.1 Å². The Bertz CT molecular complexity index is 653. The summed E-state index contributed by atoms with van der Waals surface area (Å²) in [7, 11) is 0. The molecular formula is C18H23N3O2S. The average Bonchev–Trinajstić information content (AvgIpc) is 3.07. The number of aromatic nitrogens is 1. The van der Waals surface area contributed by atoms with Gasteiger partial charge in [-0.15, -0.1) is 11.3 Å². The normalized spacial score (nSPS) is 10.4. The predicted molar refractivity (Wildman–Crippen MR) is 97.4 cm³/mol. The standard InChI is InChI=1S/C18H23N3O2S/c1-3-4-5-11-21(13-16(22)20-18-19-10-12-24-18)17(23)15-8-6-14(2)7-9-15/h6-10,12H,3-5,11,13H2,1-2H3,(H,19,20,22). The molecule has 0 radical (unpaired) electrons. The SMILES string of the molecule is CCCCCN(CC(=O)Nc1nccs1)C(=O)c1ccc(C)cc1. The van der Waals surface area contributed by atoms with E-state index >= 15 is 0 Å². The lowest BCUT2D eigenvalue weighted by atomic mass is 10.1. The molecule has 0 atom stereocenters. The van der Waals surface area contributed by atoms with E-state index < -0.39 is 0 Å². The van der Waals surface area contributed by atoms with Gasteiger partial charge < -0.3 is 10.2 Å². The molecule has 24 heavy (non-hydrogen) atoms. The van der Waals surface area contributed by atoms with Crippen LogP contribution in [0.4, 0.5) is 5.13 Å². The van der Waals surface area contributed by atoms with Gasteiger partial charge in [0, 0.05) is 23.7 Å². The first-order valence-electron chi connectivity index (χ1n) is 8.15. The molecule has 0 unspecified atom stereocenters. The number of thiazole rings is 1. The van der Waals surface area contributed by atoms with E-state index in [4.69, 9.17) is 0 Å². The molecule has 5 nitrogen and oxygen atoms in total. The second kappa shape index (κ2) is 9.17. The lowest BCUT2D eigenvalue weighted by Crippen LogP contribution is -2.38. The Labute approximate surface area is 146 Å². The highest BCUT2D eigenvalue weighted by atomic mass is 32.1. The minimum Gasteiger partial charge on any atom is -0.329 e. The van der Waals surface area contributed by atoms with Crippen LogP contribution in [0.25, 0.3) is 0 Å². The van der Waals surface area contributed by atoms with Crippen LogP contribution in [-0.2, 0) is 4.79 Å². The fraction of sp³-hybridized carbons (Fsp3) is 0.389. The number of carbonyl (C=O) groups excluding carboxylic acids is 2. The number of hydrogen-bond acceptors (Lipinski definition) is 4. The molecule has 0 aliphatic heterocycles. The first kappa shape index (κ1) is 18.1. The fourth-order valence-electron chi connectivity index (χ4n) is 2.30. The van der Waals surface area contributed by atoms with Crippen LogP contribution in [0.3, 0.4) is 0 Å². The van der Waals surface area contributed by atoms with Crippen molar-refractivity contribution in [2.45, 2.75) is 33.1 Å². The molecule has 0 spiro atoms. The summed E-state index contributed by atoms with van der Waals surface area (Å²) in [5.74, 6) is -0.331. The van der Waals surface area contributed by atoms with E-state index in [1.165, 1.54) is 11.3 Å². The third kappa shape index (κ3) is 5.45. The maximum absolute atomic E-state index is 12.7. The molecule has 2 amide bonds. The molecule has 6 heteroatoms. The van der Waals surface area contributed by atoms with Crippen molar-refractivity contribution in [1.29, 1.82) is 0 Å². The predicted octanol–water partition coefficient (Wildman–Crippen LogP) is 3.72. The lowest BCUT2D eigenvalue weighted by molar-refractivity contribution is -0.116. The first-order chi connectivity index (χ1) is 11.6. The molecule has 2 rings (SSSR count). The number of nitrogens with zero attached hydrogens (tertiary/aromatic N) is 2. The van der Waals surface area contributed by atoms with Gasteiger partial charge in [-0.3, -0.25) is 9.59 Å². The summed E-state index contributed by atoms with van der Waals surface area (Å²) < 4.78 is 0. The number of unbranched alkanes of at least 4 members (excludes halogenated alkanes) is 2. The van der Waals surface area contributed by atoms with Crippen molar-refractivity contribution in [2.75, 3.05) is 18.4 Å². The van der Waals surface area contributed by atoms with Gasteiger partial charge in [-0.1, -0.05) is 37.5 Å². The van der Waals surface area contributed by atoms with Gasteiger partial charge in [0.1, 0.15) is 6.54 Å². The average molecular weight is 345 g/mol. The highest BCUT2D eigenvalue weighted by Crippen LogP contribution is 2.12. The van der Waals surface area contributed by atoms with E-state index in [1.807, 2.05) is 31.2 Å². The minimum absolute atomic E-state index is 0.0377. The van der Waals surface area contributed by atoms with Crippen LogP contribution >= 0.6 is 11.3 Å². The number of benzene rings is 1. The van der Waals surface area contributed by atoms with Crippen LogP contribution in [-0.4, -0.2) is 34.8 Å². The summed E-state index contributed by atoms with van der Waals surface area (Å²) in [6, 6.07) is 7.44. The van der Waals surface area contributed by atoms with Gasteiger partial charge in [0.05, 0.1) is 0 Å². The monoisotopic (exact) mass is 345 g/mol. The Morgan fingerprint density at radius 3 is 2.58 bits per heavy atom. The van der Waals surface area contributed by atoms with E-state index in [2.05, 4.69) is 17.2 Å². The number of rotatable bonds is 8. The largest absolute Gasteiger partial charge is 0.329 e. The Morgan fingerprint density at radius 1 is 1.21 bits per heavy atom. The van der Waals surface area contributed by atoms with Crippen molar-refractivity contribution >= 4 is 28.3 Å². The zero-order valence-electron chi connectivity index (χ0n) is 14.1. The number of amides is 2. The summed E-state index contributed by atoms with van der Waals surface area (Å²) in [4.78, 5) is 30.6. The molecule has 1 heterocycles. The van der Waals surface area contributed by atoms with E-state index in [-0.39, 0.29) is 18.4 Å². The number of carbonyl (C=O) groups is 2. The summed E-state index contributed by atoms with van der Waals surface area (Å²) >= 11 is 1.36. The van der Waals surface area contributed by atoms with Crippen molar-refractivity contribution in [3.8, 4) is 0 Å². The fourth-order valence-corrected chi connectivity index (χ4v) is 2.85. The molecule has 0 aliphatic carbocycles. The van der Waals surface area contributed by atoms with Gasteiger partial charge in [-0.2, -0.15) is 0 Å². The van der Waals surface area contributed by atoms with E-state index in [1.54, 1.807) is 16.5 Å². The molecule has 0 aliphatic rings. The minimum atomic E-state index is -0.220. The van der Waals surface area contributed by atoms with Crippen molar-refractivity contribution < 1.29 is 9.59 Å². The number of anilines is 1. The molecule has 1 N–H and O–H groups in total. The summed E-state index contributed by atoms with van der Waals surface area (Å²) in [6.07, 6.45) is 4.62. The van der Waals surface area contributed by atoms with Crippen molar-refractivity contribution in [3.05, 3.63) is 47.0 Å². The molecule has 0 saturated heterocycles. The van der Waals surface area contributed by atoms with Crippen LogP contribution in [0.5, 0.6) is 0 Å². The second-order valence-corrected chi connectivity index (χ2v) is 6.58. The Balaban J connectivity index is 2.03. The van der Waals surface area contributed by atoms with Gasteiger partial charge in [-0.25, -0.2) is 4.98 Å². The zero-order chi connectivity index (χ0) is 17.4. The molecule has 0 bridgehead atoms. The molecule has 1 aromatic heterocycles. The van der Waals surface area contributed by atoms with Gasteiger partial charge in [-0.05, 0) is 25.5 Å². The third-order valence-electron chi connectivity index (χ3n) is 3.63. The van der Waals surface area contributed by atoms with Gasteiger partial charge in [0.15, 0.2) is 5.13 Å². The highest BCUT2D eigenvalue weighted by Gasteiger charge is 2.19. The smallest absolute Gasteiger partial charge is 0.254 e. The summed E-state index contributed by atoms with van der Waals surface area (Å²) in [5, 5.41) is 5.08. The van der Waals surface area contributed by atoms with Gasteiger partial charge >= 0.3 is 0 Å². The molecule has 2 aromatic rings. The van der Waals surface area contributed by atoms with Crippen molar-refractivity contribution in [1.82, 2.24) is 9.88 Å². The van der Waals surface area contributed by atoms with Crippen molar-refractivity contribution in [3.63, 3.8) is 0 Å². The number of nitrogens with one attached hydrogen (secondary N) is 1. The van der Waals surface area contributed by atoms with Crippen LogP contribution in [0.2, 0.25) is 0 Å². The topological polar surface area (TPSA) is 62.3 Å². The maximum atomic E-state index is 12.7. The number of aryl methyl sites for hydroxylation is 1. The zero-order valence-corrected chi connectivity index (χ0v) is 14.9. The molecule has 0 saturated carbocycles. The van der Waals surface area contributed by atoms with Crippen molar-refractivity contribution in [2.24, 2.45) is 0 Å². The number of hydrogen-bond donors (Lipinski definition) is 1. The van der Waals surface area contributed by atoms with E-state index in [9.17, 15) is 9.59 Å². The Hall–Kier alpha value is -2.21. The Morgan fingerprint density at radius 2 is 1.96 bits per heavy atom. The van der Waals surface area contributed by atoms with E-state index in [0.717, 1.165) is 24.8 Å². The molecule has 128 valence electrons. The molecular weight excluding hydrogens is 322 g/mol. The van der Waals surface area contributed by atoms with E-state index in [0.29, 0.717) is 17.2 Å². The quantitative estimate of drug-likeness (QED) is 0.742.